The van der Waals surface area contributed by atoms with Crippen LogP contribution < -0.4 is 16.2 Å². The maximum absolute atomic E-state index is 11.5. The predicted octanol–water partition coefficient (Wildman–Crippen LogP) is 2.44. The van der Waals surface area contributed by atoms with Crippen LogP contribution in [0.2, 0.25) is 0 Å². The molecule has 0 spiro atoms. The lowest BCUT2D eigenvalue weighted by atomic mass is 9.98. The number of aromatic amines is 1. The van der Waals surface area contributed by atoms with Crippen LogP contribution in [0.4, 0.5) is 11.5 Å². The van der Waals surface area contributed by atoms with Gasteiger partial charge in [-0.3, -0.25) is 4.72 Å². The molecule has 3 aromatic heterocycles. The highest BCUT2D eigenvalue weighted by molar-refractivity contribution is 7.92. The average molecular weight is 463 g/mol. The van der Waals surface area contributed by atoms with E-state index in [2.05, 4.69) is 24.7 Å². The number of rotatable bonds is 6. The summed E-state index contributed by atoms with van der Waals surface area (Å²) in [6, 6.07) is 13.4. The van der Waals surface area contributed by atoms with Gasteiger partial charge in [-0.1, -0.05) is 24.3 Å². The summed E-state index contributed by atoms with van der Waals surface area (Å²) in [6.45, 7) is 0.911. The normalized spacial score (nSPS) is 11.9. The molecule has 0 aliphatic carbocycles. The second-order valence-corrected chi connectivity index (χ2v) is 9.56. The molecular weight excluding hydrogens is 440 g/mol. The molecular formula is C22H22N8O2S. The minimum Gasteiger partial charge on any atom is -0.382 e. The van der Waals surface area contributed by atoms with Crippen molar-refractivity contribution in [3.63, 3.8) is 0 Å². The first-order chi connectivity index (χ1) is 15.8. The number of nitrogen functional groups attached to an aromatic ring is 1. The summed E-state index contributed by atoms with van der Waals surface area (Å²) in [7, 11) is -3.33. The van der Waals surface area contributed by atoms with E-state index in [-0.39, 0.29) is 0 Å². The van der Waals surface area contributed by atoms with Gasteiger partial charge in [-0.15, -0.1) is 0 Å². The van der Waals surface area contributed by atoms with Crippen LogP contribution in [-0.2, 0) is 23.1 Å². The topological polar surface area (TPSA) is 158 Å². The van der Waals surface area contributed by atoms with Crippen LogP contribution in [0.25, 0.3) is 33.2 Å². The summed E-state index contributed by atoms with van der Waals surface area (Å²) in [6.07, 6.45) is 4.26. The molecule has 5 rings (SSSR count). The highest BCUT2D eigenvalue weighted by Crippen LogP contribution is 2.33. The molecule has 11 heteroatoms. The van der Waals surface area contributed by atoms with Crippen molar-refractivity contribution in [1.29, 1.82) is 0 Å². The molecule has 0 saturated heterocycles. The van der Waals surface area contributed by atoms with Crippen molar-refractivity contribution < 1.29 is 8.42 Å². The number of hydrogen-bond donors (Lipinski definition) is 4. The average Bonchev–Trinajstić information content (AvgIpc) is 3.39. The number of nitrogens with zero attached hydrogens (tertiary/aromatic N) is 4. The summed E-state index contributed by atoms with van der Waals surface area (Å²) in [5.41, 5.74) is 18.5. The molecule has 0 saturated carbocycles. The van der Waals surface area contributed by atoms with Gasteiger partial charge in [0, 0.05) is 23.3 Å². The fourth-order valence-electron chi connectivity index (χ4n) is 3.96. The fourth-order valence-corrected chi connectivity index (χ4v) is 4.52. The fraction of sp³-hybridized carbons (Fsp3) is 0.136. The molecule has 5 aromatic rings. The first-order valence-corrected chi connectivity index (χ1v) is 12.0. The van der Waals surface area contributed by atoms with Gasteiger partial charge in [0.2, 0.25) is 10.0 Å². The molecule has 0 bridgehead atoms. The number of nitrogens with two attached hydrogens (primary N) is 2. The van der Waals surface area contributed by atoms with E-state index < -0.39 is 10.0 Å². The van der Waals surface area contributed by atoms with Gasteiger partial charge in [0.15, 0.2) is 11.5 Å². The lowest BCUT2D eigenvalue weighted by molar-refractivity contribution is 0.607. The van der Waals surface area contributed by atoms with E-state index in [0.29, 0.717) is 35.8 Å². The molecule has 2 aromatic carbocycles. The standard InChI is InChI=1S/C22H22N8O2S/c1-33(31,32)29-15-5-2-13(3-6-15)17-7-4-14(19-18(17)8-16(9-23)28-19)10-30-12-27-20-21(24)25-11-26-22(20)30/h2-8,11-12,28-29H,9-10,23H2,1H3,(H2,24,25,26). The molecule has 10 nitrogen and oxygen atoms in total. The third-order valence-corrected chi connectivity index (χ3v) is 6.03. The number of nitrogens with one attached hydrogen (secondary N) is 2. The Labute approximate surface area is 189 Å². The Morgan fingerprint density at radius 2 is 1.88 bits per heavy atom. The van der Waals surface area contributed by atoms with Gasteiger partial charge in [0.1, 0.15) is 11.8 Å². The minimum absolute atomic E-state index is 0.346. The highest BCUT2D eigenvalue weighted by atomic mass is 32.2. The van der Waals surface area contributed by atoms with Crippen molar-refractivity contribution in [1.82, 2.24) is 24.5 Å². The maximum atomic E-state index is 11.5. The molecule has 0 aliphatic rings. The number of aromatic nitrogens is 5. The number of H-pyrrole nitrogens is 1. The summed E-state index contributed by atoms with van der Waals surface area (Å²) in [5, 5.41) is 1.02. The summed E-state index contributed by atoms with van der Waals surface area (Å²) < 4.78 is 27.4. The quantitative estimate of drug-likeness (QED) is 0.302. The largest absolute Gasteiger partial charge is 0.382 e. The van der Waals surface area contributed by atoms with E-state index in [1.54, 1.807) is 18.5 Å². The van der Waals surface area contributed by atoms with Gasteiger partial charge in [-0.2, -0.15) is 0 Å². The molecule has 0 atom stereocenters. The molecule has 0 aliphatic heterocycles. The molecule has 3 heterocycles. The Kier molecular flexibility index (Phi) is 4.99. The van der Waals surface area contributed by atoms with Crippen LogP contribution in [0.5, 0.6) is 0 Å². The zero-order valence-electron chi connectivity index (χ0n) is 17.8. The van der Waals surface area contributed by atoms with Gasteiger partial charge < -0.3 is 21.0 Å². The van der Waals surface area contributed by atoms with Crippen molar-refractivity contribution >= 4 is 43.6 Å². The molecule has 0 fully saturated rings. The number of sulfonamides is 1. The number of anilines is 2. The summed E-state index contributed by atoms with van der Waals surface area (Å²) in [4.78, 5) is 16.1. The molecule has 33 heavy (non-hydrogen) atoms. The maximum Gasteiger partial charge on any atom is 0.229 e. The van der Waals surface area contributed by atoms with Crippen molar-refractivity contribution in [2.24, 2.45) is 5.73 Å². The number of benzene rings is 2. The van der Waals surface area contributed by atoms with Gasteiger partial charge in [0.25, 0.3) is 0 Å². The molecule has 168 valence electrons. The first kappa shape index (κ1) is 20.9. The second kappa shape index (κ2) is 7.87. The molecule has 0 amide bonds. The molecule has 0 radical (unpaired) electrons. The van der Waals surface area contributed by atoms with Gasteiger partial charge >= 0.3 is 0 Å². The lowest BCUT2D eigenvalue weighted by Crippen LogP contribution is -2.09. The number of imidazole rings is 1. The lowest BCUT2D eigenvalue weighted by Gasteiger charge is -2.11. The van der Waals surface area contributed by atoms with Crippen molar-refractivity contribution in [2.75, 3.05) is 16.7 Å². The van der Waals surface area contributed by atoms with Gasteiger partial charge in [-0.25, -0.2) is 23.4 Å². The van der Waals surface area contributed by atoms with Crippen LogP contribution in [0, 0.1) is 0 Å². The zero-order chi connectivity index (χ0) is 23.2. The third kappa shape index (κ3) is 3.99. The number of hydrogen-bond acceptors (Lipinski definition) is 7. The Hall–Kier alpha value is -3.96. The minimum atomic E-state index is -3.33. The smallest absolute Gasteiger partial charge is 0.229 e. The summed E-state index contributed by atoms with van der Waals surface area (Å²) >= 11 is 0. The van der Waals surface area contributed by atoms with Crippen molar-refractivity contribution in [3.8, 4) is 11.1 Å². The Morgan fingerprint density at radius 1 is 1.09 bits per heavy atom. The summed E-state index contributed by atoms with van der Waals surface area (Å²) in [5.74, 6) is 0.346. The van der Waals surface area contributed by atoms with Gasteiger partial charge in [-0.05, 0) is 34.9 Å². The highest BCUT2D eigenvalue weighted by Gasteiger charge is 2.14. The second-order valence-electron chi connectivity index (χ2n) is 7.81. The third-order valence-electron chi connectivity index (χ3n) is 5.43. The van der Waals surface area contributed by atoms with Crippen LogP contribution in [0.1, 0.15) is 11.3 Å². The zero-order valence-corrected chi connectivity index (χ0v) is 18.6. The SMILES string of the molecule is CS(=O)(=O)Nc1ccc(-c2ccc(Cn3cnc4c(N)ncnc43)c3[nH]c(CN)cc23)cc1. The van der Waals surface area contributed by atoms with E-state index in [1.807, 2.05) is 34.9 Å². The van der Waals surface area contributed by atoms with Gasteiger partial charge in [0.05, 0.1) is 24.6 Å². The Balaban J connectivity index is 1.57. The van der Waals surface area contributed by atoms with E-state index in [9.17, 15) is 8.42 Å². The van der Waals surface area contributed by atoms with Crippen molar-refractivity contribution in [2.45, 2.75) is 13.1 Å². The van der Waals surface area contributed by atoms with E-state index in [0.717, 1.165) is 39.5 Å². The van der Waals surface area contributed by atoms with Crippen LogP contribution in [-0.4, -0.2) is 39.2 Å². The first-order valence-electron chi connectivity index (χ1n) is 10.2. The van der Waals surface area contributed by atoms with E-state index >= 15 is 0 Å². The predicted molar refractivity (Wildman–Crippen MR) is 129 cm³/mol. The monoisotopic (exact) mass is 462 g/mol. The van der Waals surface area contributed by atoms with E-state index in [4.69, 9.17) is 11.5 Å². The Bertz CT molecular complexity index is 1590. The Morgan fingerprint density at radius 3 is 2.61 bits per heavy atom. The van der Waals surface area contributed by atoms with Crippen LogP contribution in [0.3, 0.4) is 0 Å². The van der Waals surface area contributed by atoms with Crippen molar-refractivity contribution in [3.05, 3.63) is 66.4 Å². The molecule has 6 N–H and O–H groups in total. The van der Waals surface area contributed by atoms with Crippen LogP contribution >= 0.6 is 0 Å². The van der Waals surface area contributed by atoms with E-state index in [1.165, 1.54) is 6.33 Å². The van der Waals surface area contributed by atoms with Crippen LogP contribution in [0.15, 0.2) is 55.1 Å². The number of fused-ring (bicyclic) bond motifs is 2. The molecule has 0 unspecified atom stereocenters.